The third-order valence-electron chi connectivity index (χ3n) is 3.14. The number of hydrogen-bond acceptors (Lipinski definition) is 5. The van der Waals surface area contributed by atoms with Gasteiger partial charge in [-0.05, 0) is 30.0 Å². The fourth-order valence-electron chi connectivity index (χ4n) is 2.04. The molecule has 0 aromatic heterocycles. The summed E-state index contributed by atoms with van der Waals surface area (Å²) in [6.07, 6.45) is 1.41. The number of nitro benzene ring substituents is 1. The second kappa shape index (κ2) is 6.63. The molecule has 1 heterocycles. The van der Waals surface area contributed by atoms with Gasteiger partial charge in [-0.3, -0.25) is 14.9 Å². The van der Waals surface area contributed by atoms with Gasteiger partial charge in [-0.2, -0.15) is 0 Å². The standard InChI is InChI=1S/C16H10FN3O3S/c17-11-6-2-1-5-10(11)9-14-15(21)19-16(24-14)18-12-7-3-4-8-13(12)20(22)23/h1-9H,(H,18,19,21)/b14-9-. The molecule has 0 saturated carbocycles. The predicted octanol–water partition coefficient (Wildman–Crippen LogP) is 3.63. The molecule has 2 aromatic carbocycles. The van der Waals surface area contributed by atoms with Crippen molar-refractivity contribution < 1.29 is 14.1 Å². The Balaban J connectivity index is 1.91. The molecule has 1 N–H and O–H groups in total. The van der Waals surface area contributed by atoms with Crippen molar-refractivity contribution in [2.75, 3.05) is 0 Å². The van der Waals surface area contributed by atoms with Crippen LogP contribution in [0.5, 0.6) is 0 Å². The van der Waals surface area contributed by atoms with E-state index >= 15 is 0 Å². The van der Waals surface area contributed by atoms with Crippen molar-refractivity contribution in [3.63, 3.8) is 0 Å². The van der Waals surface area contributed by atoms with Gasteiger partial charge < -0.3 is 5.32 Å². The zero-order valence-corrected chi connectivity index (χ0v) is 12.9. The molecule has 8 heteroatoms. The van der Waals surface area contributed by atoms with Gasteiger partial charge in [0.15, 0.2) is 5.17 Å². The van der Waals surface area contributed by atoms with E-state index in [1.54, 1.807) is 24.3 Å². The first-order valence-corrected chi connectivity index (χ1v) is 7.64. The number of carbonyl (C=O) groups excluding carboxylic acids is 1. The lowest BCUT2D eigenvalue weighted by atomic mass is 10.2. The molecule has 1 aliphatic rings. The quantitative estimate of drug-likeness (QED) is 0.524. The van der Waals surface area contributed by atoms with Crippen LogP contribution in [0.3, 0.4) is 0 Å². The number of nitrogens with one attached hydrogen (secondary N) is 1. The molecule has 0 atom stereocenters. The first-order chi connectivity index (χ1) is 11.5. The van der Waals surface area contributed by atoms with Crippen molar-refractivity contribution in [1.29, 1.82) is 0 Å². The van der Waals surface area contributed by atoms with Crippen molar-refractivity contribution in [1.82, 2.24) is 5.32 Å². The van der Waals surface area contributed by atoms with Crippen LogP contribution in [0, 0.1) is 15.9 Å². The maximum absolute atomic E-state index is 13.7. The summed E-state index contributed by atoms with van der Waals surface area (Å²) in [7, 11) is 0. The molecule has 3 rings (SSSR count). The highest BCUT2D eigenvalue weighted by Crippen LogP contribution is 2.32. The molecule has 1 saturated heterocycles. The molecule has 0 bridgehead atoms. The molecule has 2 aromatic rings. The van der Waals surface area contributed by atoms with E-state index in [4.69, 9.17) is 0 Å². The van der Waals surface area contributed by atoms with Gasteiger partial charge in [-0.15, -0.1) is 0 Å². The molecule has 0 unspecified atom stereocenters. The highest BCUT2D eigenvalue weighted by molar-refractivity contribution is 8.18. The summed E-state index contributed by atoms with van der Waals surface area (Å²) in [5.74, 6) is -0.872. The molecule has 6 nitrogen and oxygen atoms in total. The minimum Gasteiger partial charge on any atom is -0.300 e. The topological polar surface area (TPSA) is 84.6 Å². The zero-order chi connectivity index (χ0) is 17.1. The Hall–Kier alpha value is -3.00. The zero-order valence-electron chi connectivity index (χ0n) is 12.1. The average molecular weight is 343 g/mol. The summed E-state index contributed by atoms with van der Waals surface area (Å²) in [6.45, 7) is 0. The predicted molar refractivity (Wildman–Crippen MR) is 90.3 cm³/mol. The number of amides is 1. The maximum atomic E-state index is 13.7. The molecule has 0 aliphatic carbocycles. The second-order valence-electron chi connectivity index (χ2n) is 4.75. The SMILES string of the molecule is O=C1NC(=Nc2ccccc2[N+](=O)[O-])S/C1=C\c1ccccc1F. The van der Waals surface area contributed by atoms with Gasteiger partial charge in [0.2, 0.25) is 0 Å². The lowest BCUT2D eigenvalue weighted by Gasteiger charge is -1.98. The summed E-state index contributed by atoms with van der Waals surface area (Å²) in [4.78, 5) is 26.8. The Morgan fingerprint density at radius 2 is 1.88 bits per heavy atom. The number of amidine groups is 1. The fourth-order valence-corrected chi connectivity index (χ4v) is 2.86. The van der Waals surface area contributed by atoms with Crippen LogP contribution in [0.1, 0.15) is 5.56 Å². The third kappa shape index (κ3) is 3.33. The molecule has 120 valence electrons. The van der Waals surface area contributed by atoms with E-state index in [1.165, 1.54) is 30.3 Å². The monoisotopic (exact) mass is 343 g/mol. The first-order valence-electron chi connectivity index (χ1n) is 6.82. The van der Waals surface area contributed by atoms with Gasteiger partial charge in [-0.1, -0.05) is 30.3 Å². The normalized spacial score (nSPS) is 17.3. The number of rotatable bonds is 3. The van der Waals surface area contributed by atoms with E-state index in [9.17, 15) is 19.3 Å². The number of nitro groups is 1. The number of para-hydroxylation sites is 2. The third-order valence-corrected chi connectivity index (χ3v) is 4.05. The van der Waals surface area contributed by atoms with Gasteiger partial charge in [0, 0.05) is 11.6 Å². The van der Waals surface area contributed by atoms with Crippen molar-refractivity contribution in [3.05, 3.63) is 74.9 Å². The van der Waals surface area contributed by atoms with E-state index in [1.807, 2.05) is 0 Å². The van der Waals surface area contributed by atoms with Gasteiger partial charge in [0.25, 0.3) is 11.6 Å². The summed E-state index contributed by atoms with van der Waals surface area (Å²) in [5, 5.41) is 13.7. The van der Waals surface area contributed by atoms with E-state index in [0.29, 0.717) is 0 Å². The molecule has 24 heavy (non-hydrogen) atoms. The Bertz CT molecular complexity index is 896. The number of nitrogens with zero attached hydrogens (tertiary/aromatic N) is 2. The Kier molecular flexibility index (Phi) is 4.39. The van der Waals surface area contributed by atoms with E-state index in [0.717, 1.165) is 11.8 Å². The summed E-state index contributed by atoms with van der Waals surface area (Å²) < 4.78 is 13.7. The molecular formula is C16H10FN3O3S. The minimum absolute atomic E-state index is 0.137. The van der Waals surface area contributed by atoms with Crippen LogP contribution >= 0.6 is 11.8 Å². The van der Waals surface area contributed by atoms with Crippen LogP contribution in [0.15, 0.2) is 58.4 Å². The molecular weight excluding hydrogens is 333 g/mol. The van der Waals surface area contributed by atoms with Crippen LogP contribution < -0.4 is 5.32 Å². The number of aliphatic imine (C=N–C) groups is 1. The molecule has 1 amide bonds. The highest BCUT2D eigenvalue weighted by Gasteiger charge is 2.25. The number of hydrogen-bond donors (Lipinski definition) is 1. The fraction of sp³-hybridized carbons (Fsp3) is 0. The number of benzene rings is 2. The van der Waals surface area contributed by atoms with E-state index < -0.39 is 16.6 Å². The van der Waals surface area contributed by atoms with Gasteiger partial charge in [0.1, 0.15) is 11.5 Å². The van der Waals surface area contributed by atoms with Crippen molar-refractivity contribution in [2.24, 2.45) is 4.99 Å². The van der Waals surface area contributed by atoms with Crippen molar-refractivity contribution in [2.45, 2.75) is 0 Å². The summed E-state index contributed by atoms with van der Waals surface area (Å²) in [6, 6.07) is 12.0. The van der Waals surface area contributed by atoms with Gasteiger partial charge in [-0.25, -0.2) is 9.38 Å². The number of halogens is 1. The summed E-state index contributed by atoms with van der Waals surface area (Å²) in [5.41, 5.74) is 0.255. The number of thioether (sulfide) groups is 1. The van der Waals surface area contributed by atoms with Crippen LogP contribution in [-0.2, 0) is 4.79 Å². The van der Waals surface area contributed by atoms with Crippen molar-refractivity contribution >= 4 is 40.3 Å². The lowest BCUT2D eigenvalue weighted by Crippen LogP contribution is -2.19. The number of carbonyl (C=O) groups is 1. The van der Waals surface area contributed by atoms with E-state index in [2.05, 4.69) is 10.3 Å². The van der Waals surface area contributed by atoms with Gasteiger partial charge in [0.05, 0.1) is 9.83 Å². The van der Waals surface area contributed by atoms with Crippen LogP contribution in [-0.4, -0.2) is 16.0 Å². The van der Waals surface area contributed by atoms with Crippen LogP contribution in [0.2, 0.25) is 0 Å². The highest BCUT2D eigenvalue weighted by atomic mass is 32.2. The van der Waals surface area contributed by atoms with Gasteiger partial charge >= 0.3 is 0 Å². The average Bonchev–Trinajstić information content (AvgIpc) is 2.89. The van der Waals surface area contributed by atoms with Crippen LogP contribution in [0.4, 0.5) is 15.8 Å². The van der Waals surface area contributed by atoms with Crippen molar-refractivity contribution in [3.8, 4) is 0 Å². The molecule has 0 spiro atoms. The second-order valence-corrected chi connectivity index (χ2v) is 5.78. The molecule has 0 radical (unpaired) electrons. The van der Waals surface area contributed by atoms with Crippen LogP contribution in [0.25, 0.3) is 6.08 Å². The molecule has 1 aliphatic heterocycles. The maximum Gasteiger partial charge on any atom is 0.294 e. The largest absolute Gasteiger partial charge is 0.300 e. The minimum atomic E-state index is -0.545. The Labute approximate surface area is 140 Å². The Morgan fingerprint density at radius 1 is 1.17 bits per heavy atom. The summed E-state index contributed by atoms with van der Waals surface area (Å²) >= 11 is 0.999. The van der Waals surface area contributed by atoms with E-state index in [-0.39, 0.29) is 27.0 Å². The Morgan fingerprint density at radius 3 is 2.62 bits per heavy atom. The first kappa shape index (κ1) is 15.9. The smallest absolute Gasteiger partial charge is 0.294 e. The lowest BCUT2D eigenvalue weighted by molar-refractivity contribution is -0.384. The molecule has 1 fully saturated rings.